The first kappa shape index (κ1) is 8.35. The summed E-state index contributed by atoms with van der Waals surface area (Å²) in [6, 6.07) is 5.96. The number of hydrogen-bond acceptors (Lipinski definition) is 0. The van der Waals surface area contributed by atoms with E-state index in [1.807, 2.05) is 18.2 Å². The Hall–Kier alpha value is -0.750. The molecule has 0 aliphatic carbocycles. The van der Waals surface area contributed by atoms with E-state index in [-0.39, 0.29) is 0 Å². The minimum atomic E-state index is 0.532. The molecule has 1 rings (SSSR count). The van der Waals surface area contributed by atoms with E-state index < -0.39 is 0 Å². The minimum Gasteiger partial charge on any atom is -0.122 e. The predicted octanol–water partition coefficient (Wildman–Crippen LogP) is 3.25. The van der Waals surface area contributed by atoms with Crippen LogP contribution >= 0.6 is 11.6 Å². The van der Waals surface area contributed by atoms with Gasteiger partial charge in [-0.2, -0.15) is 0 Å². The van der Waals surface area contributed by atoms with Gasteiger partial charge in [-0.05, 0) is 23.6 Å². The second-order valence-electron chi connectivity index (χ2n) is 2.42. The van der Waals surface area contributed by atoms with Crippen LogP contribution < -0.4 is 0 Å². The summed E-state index contributed by atoms with van der Waals surface area (Å²) in [6.07, 6.45) is 1.80. The lowest BCUT2D eigenvalue weighted by Crippen LogP contribution is -1.82. The van der Waals surface area contributed by atoms with E-state index in [1.165, 1.54) is 0 Å². The number of alkyl halides is 1. The average Bonchev–Trinajstić information content (AvgIpc) is 2.03. The smallest absolute Gasteiger partial charge is 0.0474 e. The van der Waals surface area contributed by atoms with Crippen LogP contribution in [0.15, 0.2) is 24.8 Å². The number of halogens is 1. The second kappa shape index (κ2) is 3.59. The Labute approximate surface area is 72.5 Å². The number of rotatable bonds is 2. The quantitative estimate of drug-likeness (QED) is 0.591. The van der Waals surface area contributed by atoms with Crippen LogP contribution in [0.1, 0.15) is 16.7 Å². The van der Waals surface area contributed by atoms with Gasteiger partial charge in [-0.1, -0.05) is 30.9 Å². The summed E-state index contributed by atoms with van der Waals surface area (Å²) in [5.41, 5.74) is 3.15. The highest BCUT2D eigenvalue weighted by atomic mass is 35.5. The molecule has 0 saturated carbocycles. The van der Waals surface area contributed by atoms with Crippen LogP contribution in [0.2, 0.25) is 0 Å². The van der Waals surface area contributed by atoms with Crippen molar-refractivity contribution in [1.82, 2.24) is 0 Å². The van der Waals surface area contributed by atoms with Gasteiger partial charge in [-0.3, -0.25) is 0 Å². The summed E-state index contributed by atoms with van der Waals surface area (Å²) in [6.45, 7) is 7.51. The number of benzene rings is 1. The Bertz CT molecular complexity index is 264. The van der Waals surface area contributed by atoms with Gasteiger partial charge in [0.1, 0.15) is 0 Å². The third kappa shape index (κ3) is 2.09. The molecule has 0 unspecified atom stereocenters. The molecule has 1 radical (unpaired) electrons. The summed E-state index contributed by atoms with van der Waals surface area (Å²) in [4.78, 5) is 0. The lowest BCUT2D eigenvalue weighted by molar-refractivity contribution is 1.37. The van der Waals surface area contributed by atoms with Crippen LogP contribution in [0.5, 0.6) is 0 Å². The molecule has 0 N–H and O–H groups in total. The largest absolute Gasteiger partial charge is 0.122 e. The molecule has 0 fully saturated rings. The maximum Gasteiger partial charge on any atom is 0.0474 e. The van der Waals surface area contributed by atoms with Crippen molar-refractivity contribution in [2.24, 2.45) is 0 Å². The Morgan fingerprint density at radius 3 is 2.64 bits per heavy atom. The normalized spacial score (nSPS) is 9.64. The monoisotopic (exact) mass is 165 g/mol. The molecule has 0 nitrogen and oxygen atoms in total. The lowest BCUT2D eigenvalue weighted by Gasteiger charge is -2.00. The molecule has 0 aliphatic rings. The standard InChI is InChI=1S/C10H10Cl/c1-3-9-4-8(2)5-10(6-9)7-11/h3-6H,1-2,7H2. The summed E-state index contributed by atoms with van der Waals surface area (Å²) >= 11 is 5.67. The summed E-state index contributed by atoms with van der Waals surface area (Å²) in [5, 5.41) is 0. The Balaban J connectivity index is 3.11. The molecule has 1 aromatic carbocycles. The van der Waals surface area contributed by atoms with Gasteiger partial charge in [0, 0.05) is 5.88 Å². The van der Waals surface area contributed by atoms with Crippen LogP contribution in [0.4, 0.5) is 0 Å². The third-order valence-corrected chi connectivity index (χ3v) is 1.77. The maximum atomic E-state index is 5.67. The van der Waals surface area contributed by atoms with Gasteiger partial charge < -0.3 is 0 Å². The highest BCUT2D eigenvalue weighted by molar-refractivity contribution is 6.17. The molecule has 1 aromatic rings. The molecule has 1 heteroatoms. The van der Waals surface area contributed by atoms with Crippen molar-refractivity contribution in [3.8, 4) is 0 Å². The van der Waals surface area contributed by atoms with Gasteiger partial charge in [0.05, 0.1) is 0 Å². The zero-order valence-corrected chi connectivity index (χ0v) is 7.06. The van der Waals surface area contributed by atoms with Crippen molar-refractivity contribution < 1.29 is 0 Å². The van der Waals surface area contributed by atoms with Gasteiger partial charge >= 0.3 is 0 Å². The fraction of sp³-hybridized carbons (Fsp3) is 0.100. The van der Waals surface area contributed by atoms with E-state index in [0.717, 1.165) is 16.7 Å². The van der Waals surface area contributed by atoms with Crippen molar-refractivity contribution in [1.29, 1.82) is 0 Å². The van der Waals surface area contributed by atoms with Crippen molar-refractivity contribution in [2.75, 3.05) is 0 Å². The molecular weight excluding hydrogens is 156 g/mol. The molecule has 0 amide bonds. The maximum absolute atomic E-state index is 5.67. The van der Waals surface area contributed by atoms with E-state index in [2.05, 4.69) is 13.5 Å². The lowest BCUT2D eigenvalue weighted by atomic mass is 10.1. The fourth-order valence-electron chi connectivity index (χ4n) is 0.986. The van der Waals surface area contributed by atoms with Crippen molar-refractivity contribution in [3.63, 3.8) is 0 Å². The van der Waals surface area contributed by atoms with E-state index >= 15 is 0 Å². The molecule has 57 valence electrons. The summed E-state index contributed by atoms with van der Waals surface area (Å²) in [7, 11) is 0. The van der Waals surface area contributed by atoms with Gasteiger partial charge in [-0.15, -0.1) is 11.6 Å². The van der Waals surface area contributed by atoms with E-state index in [0.29, 0.717) is 5.88 Å². The molecule has 0 spiro atoms. The summed E-state index contributed by atoms with van der Waals surface area (Å²) in [5.74, 6) is 0.532. The molecule has 0 atom stereocenters. The van der Waals surface area contributed by atoms with Crippen molar-refractivity contribution in [3.05, 3.63) is 48.4 Å². The molecule has 0 heterocycles. The zero-order chi connectivity index (χ0) is 8.27. The second-order valence-corrected chi connectivity index (χ2v) is 2.69. The van der Waals surface area contributed by atoms with Gasteiger partial charge in [0.15, 0.2) is 0 Å². The van der Waals surface area contributed by atoms with E-state index in [1.54, 1.807) is 6.08 Å². The SMILES string of the molecule is [CH2]c1cc(C=C)cc(CCl)c1. The molecule has 11 heavy (non-hydrogen) atoms. The van der Waals surface area contributed by atoms with Gasteiger partial charge in [0.25, 0.3) is 0 Å². The first-order valence-electron chi connectivity index (χ1n) is 3.40. The fourth-order valence-corrected chi connectivity index (χ4v) is 1.14. The number of hydrogen-bond donors (Lipinski definition) is 0. The highest BCUT2D eigenvalue weighted by Crippen LogP contribution is 2.12. The van der Waals surface area contributed by atoms with Crippen molar-refractivity contribution >= 4 is 17.7 Å². The third-order valence-electron chi connectivity index (χ3n) is 1.46. The summed E-state index contributed by atoms with van der Waals surface area (Å²) < 4.78 is 0. The van der Waals surface area contributed by atoms with Crippen LogP contribution in [-0.2, 0) is 5.88 Å². The molecule has 0 bridgehead atoms. The van der Waals surface area contributed by atoms with Crippen LogP contribution in [-0.4, -0.2) is 0 Å². The molecular formula is C10H10Cl. The first-order valence-corrected chi connectivity index (χ1v) is 3.94. The van der Waals surface area contributed by atoms with E-state index in [9.17, 15) is 0 Å². The Morgan fingerprint density at radius 2 is 2.09 bits per heavy atom. The Morgan fingerprint density at radius 1 is 1.36 bits per heavy atom. The highest BCUT2D eigenvalue weighted by Gasteiger charge is 1.93. The van der Waals surface area contributed by atoms with Crippen LogP contribution in [0.3, 0.4) is 0 Å². The predicted molar refractivity (Wildman–Crippen MR) is 50.5 cm³/mol. The van der Waals surface area contributed by atoms with Gasteiger partial charge in [0.2, 0.25) is 0 Å². The average molecular weight is 166 g/mol. The zero-order valence-electron chi connectivity index (χ0n) is 6.31. The molecule has 0 saturated heterocycles. The minimum absolute atomic E-state index is 0.532. The molecule has 0 aromatic heterocycles. The van der Waals surface area contributed by atoms with Gasteiger partial charge in [-0.25, -0.2) is 0 Å². The first-order chi connectivity index (χ1) is 5.26. The van der Waals surface area contributed by atoms with Crippen molar-refractivity contribution in [2.45, 2.75) is 5.88 Å². The van der Waals surface area contributed by atoms with E-state index in [4.69, 9.17) is 11.6 Å². The van der Waals surface area contributed by atoms with Crippen LogP contribution in [0.25, 0.3) is 6.08 Å². The Kier molecular flexibility index (Phi) is 2.72. The topological polar surface area (TPSA) is 0 Å². The van der Waals surface area contributed by atoms with Crippen LogP contribution in [0, 0.1) is 6.92 Å². The molecule has 0 aliphatic heterocycles.